The first-order valence-corrected chi connectivity index (χ1v) is 9.33. The molecule has 5 nitrogen and oxygen atoms in total. The molecule has 2 N–H and O–H groups in total. The van der Waals surface area contributed by atoms with Crippen molar-refractivity contribution in [1.29, 1.82) is 0 Å². The first-order chi connectivity index (χ1) is 13.9. The molecule has 1 aromatic heterocycles. The van der Waals surface area contributed by atoms with Crippen LogP contribution < -0.4 is 10.6 Å². The number of nitrogens with one attached hydrogen (secondary N) is 2. The number of carbonyl (C=O) groups excluding carboxylic acids is 2. The lowest BCUT2D eigenvalue weighted by atomic mass is 10.0. The number of halogens is 1. The van der Waals surface area contributed by atoms with Crippen LogP contribution in [0.1, 0.15) is 51.9 Å². The molecule has 0 unspecified atom stereocenters. The maximum Gasteiger partial charge on any atom is 0.274 e. The molecule has 2 aromatic carbocycles. The summed E-state index contributed by atoms with van der Waals surface area (Å²) >= 11 is 0. The fraction of sp³-hybridized carbons (Fsp3) is 0.174. The number of carbonyl (C=O) groups is 2. The Kier molecular flexibility index (Phi) is 6.34. The molecule has 0 spiro atoms. The smallest absolute Gasteiger partial charge is 0.274 e. The molecule has 3 rings (SSSR count). The van der Waals surface area contributed by atoms with Gasteiger partial charge in [-0.2, -0.15) is 0 Å². The van der Waals surface area contributed by atoms with Gasteiger partial charge in [0.25, 0.3) is 11.8 Å². The van der Waals surface area contributed by atoms with Crippen molar-refractivity contribution in [1.82, 2.24) is 10.3 Å². The van der Waals surface area contributed by atoms with E-state index in [1.54, 1.807) is 24.3 Å². The molecule has 2 amide bonds. The van der Waals surface area contributed by atoms with Gasteiger partial charge in [0, 0.05) is 12.2 Å². The maximum atomic E-state index is 12.9. The van der Waals surface area contributed by atoms with E-state index in [2.05, 4.69) is 29.5 Å². The predicted molar refractivity (Wildman–Crippen MR) is 110 cm³/mol. The Labute approximate surface area is 169 Å². The van der Waals surface area contributed by atoms with Crippen LogP contribution in [0, 0.1) is 5.82 Å². The van der Waals surface area contributed by atoms with Crippen molar-refractivity contribution in [2.75, 3.05) is 5.32 Å². The molecule has 0 saturated heterocycles. The van der Waals surface area contributed by atoms with Crippen LogP contribution in [0.15, 0.2) is 66.7 Å². The number of nitrogens with zero attached hydrogens (tertiary/aromatic N) is 1. The highest BCUT2D eigenvalue weighted by atomic mass is 19.1. The van der Waals surface area contributed by atoms with Gasteiger partial charge in [0.15, 0.2) is 0 Å². The molecule has 0 aliphatic rings. The van der Waals surface area contributed by atoms with Crippen LogP contribution >= 0.6 is 0 Å². The molecular weight excluding hydrogens is 369 g/mol. The molecule has 0 aliphatic carbocycles. The molecule has 6 heteroatoms. The molecule has 148 valence electrons. The van der Waals surface area contributed by atoms with Gasteiger partial charge >= 0.3 is 0 Å². The lowest BCUT2D eigenvalue weighted by Gasteiger charge is -2.09. The van der Waals surface area contributed by atoms with Gasteiger partial charge in [0.2, 0.25) is 0 Å². The zero-order chi connectivity index (χ0) is 20.8. The Bertz CT molecular complexity index is 999. The van der Waals surface area contributed by atoms with E-state index in [-0.39, 0.29) is 23.7 Å². The number of aromatic nitrogens is 1. The first-order valence-electron chi connectivity index (χ1n) is 9.33. The van der Waals surface area contributed by atoms with Crippen LogP contribution in [-0.4, -0.2) is 16.8 Å². The number of hydrogen-bond acceptors (Lipinski definition) is 3. The summed E-state index contributed by atoms with van der Waals surface area (Å²) in [5.41, 5.74) is 2.88. The Hall–Kier alpha value is -3.54. The van der Waals surface area contributed by atoms with Crippen molar-refractivity contribution in [3.63, 3.8) is 0 Å². The number of hydrogen-bond donors (Lipinski definition) is 2. The normalized spacial score (nSPS) is 10.6. The van der Waals surface area contributed by atoms with E-state index in [4.69, 9.17) is 0 Å². The van der Waals surface area contributed by atoms with Crippen LogP contribution in [0.25, 0.3) is 0 Å². The fourth-order valence-corrected chi connectivity index (χ4v) is 2.71. The molecule has 0 atom stereocenters. The monoisotopic (exact) mass is 391 g/mol. The second kappa shape index (κ2) is 9.10. The summed E-state index contributed by atoms with van der Waals surface area (Å²) in [6, 6.07) is 18.2. The summed E-state index contributed by atoms with van der Waals surface area (Å²) in [5, 5.41) is 5.50. The van der Waals surface area contributed by atoms with Gasteiger partial charge < -0.3 is 10.6 Å². The molecule has 0 bridgehead atoms. The Balaban J connectivity index is 1.63. The minimum Gasteiger partial charge on any atom is -0.347 e. The summed E-state index contributed by atoms with van der Waals surface area (Å²) in [6.45, 7) is 4.44. The Morgan fingerprint density at radius 1 is 0.897 bits per heavy atom. The molecule has 29 heavy (non-hydrogen) atoms. The lowest BCUT2D eigenvalue weighted by Crippen LogP contribution is -2.25. The number of pyridine rings is 1. The van der Waals surface area contributed by atoms with Crippen LogP contribution in [0.3, 0.4) is 0 Å². The topological polar surface area (TPSA) is 71.1 Å². The Morgan fingerprint density at radius 2 is 1.52 bits per heavy atom. The van der Waals surface area contributed by atoms with Crippen molar-refractivity contribution in [2.45, 2.75) is 26.3 Å². The van der Waals surface area contributed by atoms with E-state index in [9.17, 15) is 14.0 Å². The van der Waals surface area contributed by atoms with E-state index in [0.29, 0.717) is 11.6 Å². The molecular formula is C23H22FN3O2. The molecule has 0 aliphatic heterocycles. The van der Waals surface area contributed by atoms with Gasteiger partial charge in [-0.1, -0.05) is 44.2 Å². The number of amides is 2. The summed E-state index contributed by atoms with van der Waals surface area (Å²) in [4.78, 5) is 29.0. The second-order valence-corrected chi connectivity index (χ2v) is 6.95. The first kappa shape index (κ1) is 20.2. The summed E-state index contributed by atoms with van der Waals surface area (Å²) in [7, 11) is 0. The molecule has 0 saturated carbocycles. The minimum absolute atomic E-state index is 0.134. The number of rotatable bonds is 6. The van der Waals surface area contributed by atoms with Gasteiger partial charge in [-0.25, -0.2) is 9.37 Å². The highest BCUT2D eigenvalue weighted by Gasteiger charge is 2.13. The highest BCUT2D eigenvalue weighted by Crippen LogP contribution is 2.17. The molecule has 3 aromatic rings. The third-order valence-corrected chi connectivity index (χ3v) is 4.42. The third-order valence-electron chi connectivity index (χ3n) is 4.42. The van der Waals surface area contributed by atoms with E-state index in [0.717, 1.165) is 5.56 Å². The van der Waals surface area contributed by atoms with Gasteiger partial charge in [0.1, 0.15) is 17.2 Å². The van der Waals surface area contributed by atoms with Crippen LogP contribution in [-0.2, 0) is 6.54 Å². The third kappa shape index (κ3) is 5.48. The SMILES string of the molecule is CC(C)c1ccc(NC(=O)c2cccc(C(=O)NCc3ccc(F)cc3)n2)cc1. The average Bonchev–Trinajstić information content (AvgIpc) is 2.73. The van der Waals surface area contributed by atoms with Crippen molar-refractivity contribution < 1.29 is 14.0 Å². The van der Waals surface area contributed by atoms with Crippen LogP contribution in [0.4, 0.5) is 10.1 Å². The predicted octanol–water partition coefficient (Wildman–Crippen LogP) is 4.53. The number of anilines is 1. The van der Waals surface area contributed by atoms with Crippen LogP contribution in [0.2, 0.25) is 0 Å². The highest BCUT2D eigenvalue weighted by molar-refractivity contribution is 6.03. The quantitative estimate of drug-likeness (QED) is 0.649. The van der Waals surface area contributed by atoms with Gasteiger partial charge in [0.05, 0.1) is 0 Å². The van der Waals surface area contributed by atoms with Gasteiger partial charge in [-0.05, 0) is 53.4 Å². The van der Waals surface area contributed by atoms with Gasteiger partial charge in [-0.15, -0.1) is 0 Å². The van der Waals surface area contributed by atoms with Crippen molar-refractivity contribution in [2.24, 2.45) is 0 Å². The average molecular weight is 391 g/mol. The molecule has 0 fully saturated rings. The maximum absolute atomic E-state index is 12.9. The van der Waals surface area contributed by atoms with E-state index in [1.165, 1.54) is 23.8 Å². The molecule has 0 radical (unpaired) electrons. The molecule has 1 heterocycles. The van der Waals surface area contributed by atoms with E-state index in [1.807, 2.05) is 24.3 Å². The van der Waals surface area contributed by atoms with Crippen molar-refractivity contribution in [3.05, 3.63) is 95.1 Å². The summed E-state index contributed by atoms with van der Waals surface area (Å²) in [6.07, 6.45) is 0. The van der Waals surface area contributed by atoms with Crippen molar-refractivity contribution in [3.8, 4) is 0 Å². The Morgan fingerprint density at radius 3 is 2.14 bits per heavy atom. The number of benzene rings is 2. The fourth-order valence-electron chi connectivity index (χ4n) is 2.71. The largest absolute Gasteiger partial charge is 0.347 e. The second-order valence-electron chi connectivity index (χ2n) is 6.95. The van der Waals surface area contributed by atoms with Gasteiger partial charge in [-0.3, -0.25) is 9.59 Å². The van der Waals surface area contributed by atoms with Crippen LogP contribution in [0.5, 0.6) is 0 Å². The van der Waals surface area contributed by atoms with E-state index >= 15 is 0 Å². The van der Waals surface area contributed by atoms with E-state index < -0.39 is 11.8 Å². The summed E-state index contributed by atoms with van der Waals surface area (Å²) < 4.78 is 12.9. The summed E-state index contributed by atoms with van der Waals surface area (Å²) in [5.74, 6) is -0.730. The minimum atomic E-state index is -0.412. The van der Waals surface area contributed by atoms with Crippen molar-refractivity contribution >= 4 is 17.5 Å². The zero-order valence-corrected chi connectivity index (χ0v) is 16.3. The zero-order valence-electron chi connectivity index (χ0n) is 16.3. The lowest BCUT2D eigenvalue weighted by molar-refractivity contribution is 0.0945. The standard InChI is InChI=1S/C23H22FN3O2/c1-15(2)17-8-12-19(13-9-17)26-23(29)21-5-3-4-20(27-21)22(28)25-14-16-6-10-18(24)11-7-16/h3-13,15H,14H2,1-2H3,(H,25,28)(H,26,29).